The Kier molecular flexibility index (Phi) is 5.41. The maximum absolute atomic E-state index is 13.1. The summed E-state index contributed by atoms with van der Waals surface area (Å²) >= 11 is 0. The average Bonchev–Trinajstić information content (AvgIpc) is 3.03. The molecule has 1 unspecified atom stereocenters. The Morgan fingerprint density at radius 3 is 2.36 bits per heavy atom. The van der Waals surface area contributed by atoms with E-state index in [0.717, 1.165) is 24.9 Å². The van der Waals surface area contributed by atoms with Crippen molar-refractivity contribution in [2.24, 2.45) is 0 Å². The summed E-state index contributed by atoms with van der Waals surface area (Å²) in [6, 6.07) is 6.62. The molecule has 3 rings (SSSR count). The minimum Gasteiger partial charge on any atom is -0.339 e. The number of likely N-dealkylation sites (tertiary alicyclic amines) is 1. The van der Waals surface area contributed by atoms with Gasteiger partial charge in [0, 0.05) is 32.2 Å². The fraction of sp³-hybridized carbons (Fsp3) is 0.588. The summed E-state index contributed by atoms with van der Waals surface area (Å²) < 4.78 is 37.6. The van der Waals surface area contributed by atoms with Crippen molar-refractivity contribution in [3.05, 3.63) is 35.6 Å². The second-order valence-corrected chi connectivity index (χ2v) is 8.71. The molecule has 2 heterocycles. The van der Waals surface area contributed by atoms with Crippen LogP contribution in [0.2, 0.25) is 0 Å². The molecule has 2 fully saturated rings. The minimum absolute atomic E-state index is 0.0298. The van der Waals surface area contributed by atoms with Crippen molar-refractivity contribution >= 4 is 15.9 Å². The number of halogens is 1. The number of rotatable bonds is 4. The summed E-state index contributed by atoms with van der Waals surface area (Å²) in [4.78, 5) is 16.5. The highest BCUT2D eigenvalue weighted by Gasteiger charge is 2.31. The van der Waals surface area contributed by atoms with Crippen LogP contribution in [0.15, 0.2) is 24.3 Å². The zero-order valence-electron chi connectivity index (χ0n) is 14.4. The molecule has 0 aromatic heterocycles. The van der Waals surface area contributed by atoms with E-state index in [-0.39, 0.29) is 17.8 Å². The Hall–Kier alpha value is -1.51. The van der Waals surface area contributed by atoms with Crippen LogP contribution in [0.1, 0.15) is 24.4 Å². The summed E-state index contributed by atoms with van der Waals surface area (Å²) in [6.45, 7) is 2.73. The molecule has 2 aliphatic heterocycles. The lowest BCUT2D eigenvalue weighted by Crippen LogP contribution is -2.52. The van der Waals surface area contributed by atoms with Crippen LogP contribution in [-0.4, -0.2) is 74.0 Å². The number of hydrogen-bond donors (Lipinski definition) is 0. The largest absolute Gasteiger partial charge is 0.339 e. The molecule has 2 saturated heterocycles. The number of sulfonamides is 1. The molecule has 6 nitrogen and oxygen atoms in total. The van der Waals surface area contributed by atoms with Crippen LogP contribution >= 0.6 is 0 Å². The van der Waals surface area contributed by atoms with E-state index in [1.165, 1.54) is 22.7 Å². The number of hydrogen-bond acceptors (Lipinski definition) is 4. The van der Waals surface area contributed by atoms with Crippen LogP contribution in [0, 0.1) is 5.82 Å². The first-order valence-corrected chi connectivity index (χ1v) is 10.4. The summed E-state index contributed by atoms with van der Waals surface area (Å²) in [5, 5.41) is 0. The van der Waals surface area contributed by atoms with Crippen molar-refractivity contribution in [1.29, 1.82) is 0 Å². The Bertz CT molecular complexity index is 715. The summed E-state index contributed by atoms with van der Waals surface area (Å²) in [5.74, 6) is -0.227. The van der Waals surface area contributed by atoms with Gasteiger partial charge < -0.3 is 4.90 Å². The molecule has 0 spiro atoms. The van der Waals surface area contributed by atoms with E-state index in [9.17, 15) is 17.6 Å². The molecule has 1 aromatic carbocycles. The normalized spacial score (nSPS) is 23.1. The number of benzene rings is 1. The van der Waals surface area contributed by atoms with Crippen LogP contribution in [0.25, 0.3) is 0 Å². The van der Waals surface area contributed by atoms with Gasteiger partial charge in [-0.25, -0.2) is 12.8 Å². The van der Waals surface area contributed by atoms with Gasteiger partial charge in [0.05, 0.1) is 12.8 Å². The molecule has 8 heteroatoms. The predicted octanol–water partition coefficient (Wildman–Crippen LogP) is 1.07. The van der Waals surface area contributed by atoms with E-state index >= 15 is 0 Å². The van der Waals surface area contributed by atoms with Gasteiger partial charge >= 0.3 is 0 Å². The molecule has 25 heavy (non-hydrogen) atoms. The Morgan fingerprint density at radius 2 is 1.76 bits per heavy atom. The van der Waals surface area contributed by atoms with Crippen molar-refractivity contribution in [3.8, 4) is 0 Å². The molecule has 138 valence electrons. The van der Waals surface area contributed by atoms with Crippen LogP contribution in [0.5, 0.6) is 0 Å². The molecule has 0 N–H and O–H groups in total. The highest BCUT2D eigenvalue weighted by atomic mass is 32.2. The smallest absolute Gasteiger partial charge is 0.236 e. The first-order valence-electron chi connectivity index (χ1n) is 8.57. The molecule has 1 aromatic rings. The molecule has 0 aliphatic carbocycles. The van der Waals surface area contributed by atoms with Gasteiger partial charge in [0.2, 0.25) is 15.9 Å². The second-order valence-electron chi connectivity index (χ2n) is 6.72. The van der Waals surface area contributed by atoms with Gasteiger partial charge in [-0.3, -0.25) is 9.69 Å². The number of carbonyl (C=O) groups excluding carboxylic acids is 1. The summed E-state index contributed by atoms with van der Waals surface area (Å²) in [6.07, 6.45) is 3.17. The lowest BCUT2D eigenvalue weighted by atomic mass is 10.0. The molecule has 0 bridgehead atoms. The quantitative estimate of drug-likeness (QED) is 0.797. The van der Waals surface area contributed by atoms with E-state index in [1.54, 1.807) is 17.0 Å². The molecule has 0 saturated carbocycles. The third-order valence-corrected chi connectivity index (χ3v) is 6.32. The predicted molar refractivity (Wildman–Crippen MR) is 92.9 cm³/mol. The lowest BCUT2D eigenvalue weighted by molar-refractivity contribution is -0.133. The molecular formula is C17H24FN3O3S. The van der Waals surface area contributed by atoms with Crippen molar-refractivity contribution in [2.45, 2.75) is 18.9 Å². The molecule has 2 aliphatic rings. The molecule has 1 amide bonds. The maximum atomic E-state index is 13.1. The number of amides is 1. The standard InChI is InChI=1S/C17H24FN3O3S/c1-25(23,24)21-11-9-19(10-12-21)17(22)13-20-8-2-3-16(20)14-4-6-15(18)7-5-14/h4-7,16H,2-3,8-13H2,1H3. The zero-order chi connectivity index (χ0) is 18.0. The first-order chi connectivity index (χ1) is 11.8. The van der Waals surface area contributed by atoms with Gasteiger partial charge in [-0.05, 0) is 37.1 Å². The van der Waals surface area contributed by atoms with Gasteiger partial charge in [-0.1, -0.05) is 12.1 Å². The number of carbonyl (C=O) groups is 1. The fourth-order valence-electron chi connectivity index (χ4n) is 3.62. The van der Waals surface area contributed by atoms with Crippen LogP contribution in [0.4, 0.5) is 4.39 Å². The van der Waals surface area contributed by atoms with Crippen molar-refractivity contribution < 1.29 is 17.6 Å². The van der Waals surface area contributed by atoms with Gasteiger partial charge in [0.15, 0.2) is 0 Å². The number of nitrogens with zero attached hydrogens (tertiary/aromatic N) is 3. The average molecular weight is 369 g/mol. The van der Waals surface area contributed by atoms with Gasteiger partial charge in [-0.2, -0.15) is 4.31 Å². The third-order valence-electron chi connectivity index (χ3n) is 5.02. The Labute approximate surface area is 148 Å². The fourth-order valence-corrected chi connectivity index (χ4v) is 4.45. The molecule has 1 atom stereocenters. The van der Waals surface area contributed by atoms with E-state index in [4.69, 9.17) is 0 Å². The highest BCUT2D eigenvalue weighted by molar-refractivity contribution is 7.88. The van der Waals surface area contributed by atoms with Crippen molar-refractivity contribution in [3.63, 3.8) is 0 Å². The topological polar surface area (TPSA) is 60.9 Å². The van der Waals surface area contributed by atoms with E-state index in [1.807, 2.05) is 0 Å². The summed E-state index contributed by atoms with van der Waals surface area (Å²) in [5.41, 5.74) is 1.04. The van der Waals surface area contributed by atoms with Crippen LogP contribution in [0.3, 0.4) is 0 Å². The lowest BCUT2D eigenvalue weighted by Gasteiger charge is -2.35. The minimum atomic E-state index is -3.19. The van der Waals surface area contributed by atoms with Gasteiger partial charge in [0.1, 0.15) is 5.82 Å². The summed E-state index contributed by atoms with van der Waals surface area (Å²) in [7, 11) is -3.19. The third kappa shape index (κ3) is 4.37. The molecule has 0 radical (unpaired) electrons. The monoisotopic (exact) mass is 369 g/mol. The first kappa shape index (κ1) is 18.3. The van der Waals surface area contributed by atoms with Gasteiger partial charge in [0.25, 0.3) is 0 Å². The van der Waals surface area contributed by atoms with Crippen LogP contribution < -0.4 is 0 Å². The Balaban J connectivity index is 1.58. The van der Waals surface area contributed by atoms with Crippen molar-refractivity contribution in [2.75, 3.05) is 45.5 Å². The van der Waals surface area contributed by atoms with E-state index < -0.39 is 10.0 Å². The molecular weight excluding hydrogens is 345 g/mol. The SMILES string of the molecule is CS(=O)(=O)N1CCN(C(=O)CN2CCCC2c2ccc(F)cc2)CC1. The van der Waals surface area contributed by atoms with Crippen molar-refractivity contribution in [1.82, 2.24) is 14.1 Å². The second kappa shape index (κ2) is 7.39. The maximum Gasteiger partial charge on any atom is 0.236 e. The van der Waals surface area contributed by atoms with Gasteiger partial charge in [-0.15, -0.1) is 0 Å². The Morgan fingerprint density at radius 1 is 1.12 bits per heavy atom. The van der Waals surface area contributed by atoms with E-state index in [0.29, 0.717) is 32.7 Å². The number of piperazine rings is 1. The van der Waals surface area contributed by atoms with Crippen LogP contribution in [-0.2, 0) is 14.8 Å². The van der Waals surface area contributed by atoms with E-state index in [2.05, 4.69) is 4.90 Å². The zero-order valence-corrected chi connectivity index (χ0v) is 15.2. The highest BCUT2D eigenvalue weighted by Crippen LogP contribution is 2.31.